The van der Waals surface area contributed by atoms with Crippen LogP contribution < -0.4 is 4.74 Å². The Hall–Kier alpha value is -6.41. The number of ether oxygens (including phenoxy) is 1. The van der Waals surface area contributed by atoms with E-state index in [9.17, 15) is 0 Å². The lowest BCUT2D eigenvalue weighted by Gasteiger charge is -2.34. The van der Waals surface area contributed by atoms with Crippen LogP contribution in [-0.2, 0) is 18.7 Å². The van der Waals surface area contributed by atoms with Crippen LogP contribution in [-0.4, -0.2) is 35.0 Å². The summed E-state index contributed by atoms with van der Waals surface area (Å²) in [5, 5.41) is 20.3. The van der Waals surface area contributed by atoms with E-state index in [0.717, 1.165) is 69.4 Å². The molecule has 0 fully saturated rings. The Morgan fingerprint density at radius 3 is 1.86 bits per heavy atom. The first-order valence-corrected chi connectivity index (χ1v) is 17.4. The maximum absolute atomic E-state index is 6.25. The van der Waals surface area contributed by atoms with Crippen molar-refractivity contribution in [3.05, 3.63) is 180 Å². The van der Waals surface area contributed by atoms with Crippen LogP contribution in [0.25, 0.3) is 33.5 Å². The highest BCUT2D eigenvalue weighted by atomic mass is 16.5. The zero-order chi connectivity index (χ0) is 34.5. The third-order valence-electron chi connectivity index (χ3n) is 9.29. The van der Waals surface area contributed by atoms with Gasteiger partial charge in [-0.05, 0) is 57.1 Å². The number of aromatic nitrogens is 7. The third kappa shape index (κ3) is 6.06. The van der Waals surface area contributed by atoms with Crippen LogP contribution in [0.1, 0.15) is 42.0 Å². The quantitative estimate of drug-likeness (QED) is 0.121. The third-order valence-corrected chi connectivity index (χ3v) is 9.29. The summed E-state index contributed by atoms with van der Waals surface area (Å²) in [5.41, 5.74) is 7.11. The minimum Gasteiger partial charge on any atom is -0.471 e. The van der Waals surface area contributed by atoms with Gasteiger partial charge in [-0.1, -0.05) is 153 Å². The SMILES string of the molecule is CCCCn1nc(OCc2ccc(-c3ccccc3-c3nnn(C(c4ccccc4)(c4ccccc4)c4ccccc4)n3)cc2)c2cccnc21. The van der Waals surface area contributed by atoms with E-state index in [1.165, 1.54) is 0 Å². The largest absolute Gasteiger partial charge is 0.471 e. The molecule has 0 aliphatic rings. The molecule has 0 bridgehead atoms. The Labute approximate surface area is 297 Å². The summed E-state index contributed by atoms with van der Waals surface area (Å²) >= 11 is 0. The molecule has 0 amide bonds. The number of aryl methyl sites for hydroxylation is 1. The molecule has 0 saturated heterocycles. The fraction of sp³-hybridized carbons (Fsp3) is 0.140. The molecule has 0 radical (unpaired) electrons. The van der Waals surface area contributed by atoms with Crippen LogP contribution in [0.2, 0.25) is 0 Å². The van der Waals surface area contributed by atoms with Crippen LogP contribution in [0.5, 0.6) is 5.88 Å². The van der Waals surface area contributed by atoms with Crippen molar-refractivity contribution < 1.29 is 4.74 Å². The van der Waals surface area contributed by atoms with E-state index in [-0.39, 0.29) is 0 Å². The highest BCUT2D eigenvalue weighted by Gasteiger charge is 2.41. The molecule has 51 heavy (non-hydrogen) atoms. The van der Waals surface area contributed by atoms with Crippen molar-refractivity contribution >= 4 is 11.0 Å². The summed E-state index contributed by atoms with van der Waals surface area (Å²) in [7, 11) is 0. The number of benzene rings is 5. The second kappa shape index (κ2) is 14.2. The van der Waals surface area contributed by atoms with Gasteiger partial charge >= 0.3 is 0 Å². The fourth-order valence-electron chi connectivity index (χ4n) is 6.76. The predicted octanol–water partition coefficient (Wildman–Crippen LogP) is 8.97. The van der Waals surface area contributed by atoms with Crippen molar-refractivity contribution in [1.82, 2.24) is 35.0 Å². The summed E-state index contributed by atoms with van der Waals surface area (Å²) in [4.78, 5) is 6.32. The lowest BCUT2D eigenvalue weighted by molar-refractivity contribution is 0.292. The van der Waals surface area contributed by atoms with Crippen molar-refractivity contribution in [3.63, 3.8) is 0 Å². The number of tetrazole rings is 1. The molecule has 0 aliphatic heterocycles. The number of nitrogens with zero attached hydrogens (tertiary/aromatic N) is 7. The number of fused-ring (bicyclic) bond motifs is 1. The van der Waals surface area contributed by atoms with Gasteiger partial charge in [0, 0.05) is 18.3 Å². The maximum atomic E-state index is 6.25. The molecule has 0 spiro atoms. The Bertz CT molecular complexity index is 2260. The molecular weight excluding hydrogens is 631 g/mol. The van der Waals surface area contributed by atoms with Gasteiger partial charge in [-0.2, -0.15) is 0 Å². The minimum absolute atomic E-state index is 0.396. The van der Waals surface area contributed by atoms with Gasteiger partial charge in [0.2, 0.25) is 11.7 Å². The Kier molecular flexibility index (Phi) is 8.87. The molecule has 0 N–H and O–H groups in total. The molecule has 8 aromatic rings. The molecule has 3 aromatic heterocycles. The Balaban J connectivity index is 1.12. The molecule has 5 aromatic carbocycles. The van der Waals surface area contributed by atoms with Crippen molar-refractivity contribution in [3.8, 4) is 28.4 Å². The van der Waals surface area contributed by atoms with E-state index < -0.39 is 5.54 Å². The lowest BCUT2D eigenvalue weighted by atomic mass is 9.77. The van der Waals surface area contributed by atoms with E-state index in [2.05, 4.69) is 121 Å². The zero-order valence-corrected chi connectivity index (χ0v) is 28.4. The van der Waals surface area contributed by atoms with E-state index in [1.54, 1.807) is 11.0 Å². The van der Waals surface area contributed by atoms with E-state index in [4.69, 9.17) is 25.2 Å². The van der Waals surface area contributed by atoms with Crippen LogP contribution in [0, 0.1) is 0 Å². The number of hydrogen-bond acceptors (Lipinski definition) is 6. The number of unbranched alkanes of at least 4 members (excludes halogenated alkanes) is 1. The van der Waals surface area contributed by atoms with Crippen LogP contribution in [0.3, 0.4) is 0 Å². The summed E-state index contributed by atoms with van der Waals surface area (Å²) < 4.78 is 8.19. The first kappa shape index (κ1) is 31.8. The van der Waals surface area contributed by atoms with Crippen LogP contribution in [0.4, 0.5) is 0 Å². The molecule has 0 atom stereocenters. The van der Waals surface area contributed by atoms with Crippen molar-refractivity contribution in [2.75, 3.05) is 0 Å². The Morgan fingerprint density at radius 2 is 1.24 bits per heavy atom. The minimum atomic E-state index is -0.848. The number of pyridine rings is 1. The standard InChI is InChI=1S/C43H37N7O/c1-2-3-30-49-41-39(24-15-29-44-41)42(47-49)51-31-32-25-27-33(28-26-32)37-22-13-14-23-38(37)40-45-48-50(46-40)43(34-16-7-4-8-17-34,35-18-9-5-10-19-35)36-20-11-6-12-21-36/h4-29H,2-3,30-31H2,1H3. The molecule has 3 heterocycles. The summed E-state index contributed by atoms with van der Waals surface area (Å²) in [6.45, 7) is 3.38. The lowest BCUT2D eigenvalue weighted by Crippen LogP contribution is -2.39. The second-order valence-corrected chi connectivity index (χ2v) is 12.5. The summed E-state index contributed by atoms with van der Waals surface area (Å²) in [6, 6.07) is 51.7. The second-order valence-electron chi connectivity index (χ2n) is 12.5. The predicted molar refractivity (Wildman–Crippen MR) is 200 cm³/mol. The van der Waals surface area contributed by atoms with Gasteiger partial charge in [-0.15, -0.1) is 20.1 Å². The monoisotopic (exact) mass is 667 g/mol. The maximum Gasteiger partial charge on any atom is 0.242 e. The average Bonchev–Trinajstić information content (AvgIpc) is 3.84. The van der Waals surface area contributed by atoms with Gasteiger partial charge in [-0.3, -0.25) is 0 Å². The van der Waals surface area contributed by atoms with E-state index in [1.807, 2.05) is 47.1 Å². The molecular formula is C43H37N7O. The van der Waals surface area contributed by atoms with Crippen LogP contribution in [0.15, 0.2) is 158 Å². The van der Waals surface area contributed by atoms with Crippen molar-refractivity contribution in [1.29, 1.82) is 0 Å². The molecule has 0 aliphatic carbocycles. The van der Waals surface area contributed by atoms with Gasteiger partial charge in [0.25, 0.3) is 0 Å². The highest BCUT2D eigenvalue weighted by molar-refractivity contribution is 5.81. The normalized spacial score (nSPS) is 11.5. The Morgan fingerprint density at radius 1 is 0.627 bits per heavy atom. The van der Waals surface area contributed by atoms with Gasteiger partial charge in [-0.25, -0.2) is 9.67 Å². The molecule has 8 rings (SSSR count). The van der Waals surface area contributed by atoms with Gasteiger partial charge < -0.3 is 4.74 Å². The van der Waals surface area contributed by atoms with Gasteiger partial charge in [0.05, 0.1) is 5.39 Å². The molecule has 250 valence electrons. The molecule has 8 heteroatoms. The van der Waals surface area contributed by atoms with Gasteiger partial charge in [0.1, 0.15) is 6.61 Å². The first-order valence-electron chi connectivity index (χ1n) is 17.4. The first-order chi connectivity index (χ1) is 25.3. The van der Waals surface area contributed by atoms with Gasteiger partial charge in [0.15, 0.2) is 11.2 Å². The number of hydrogen-bond donors (Lipinski definition) is 0. The highest BCUT2D eigenvalue weighted by Crippen LogP contribution is 2.40. The zero-order valence-electron chi connectivity index (χ0n) is 28.4. The molecule has 0 unspecified atom stereocenters. The fourth-order valence-corrected chi connectivity index (χ4v) is 6.76. The summed E-state index contributed by atoms with van der Waals surface area (Å²) in [5.74, 6) is 1.15. The molecule has 0 saturated carbocycles. The number of rotatable bonds is 12. The molecule has 8 nitrogen and oxygen atoms in total. The average molecular weight is 668 g/mol. The van der Waals surface area contributed by atoms with Crippen molar-refractivity contribution in [2.24, 2.45) is 0 Å². The van der Waals surface area contributed by atoms with E-state index in [0.29, 0.717) is 18.3 Å². The topological polar surface area (TPSA) is 83.5 Å². The summed E-state index contributed by atoms with van der Waals surface area (Å²) in [6.07, 6.45) is 3.93. The van der Waals surface area contributed by atoms with E-state index >= 15 is 0 Å². The van der Waals surface area contributed by atoms with Crippen LogP contribution >= 0.6 is 0 Å². The smallest absolute Gasteiger partial charge is 0.242 e. The van der Waals surface area contributed by atoms with Crippen molar-refractivity contribution in [2.45, 2.75) is 38.5 Å².